The summed E-state index contributed by atoms with van der Waals surface area (Å²) in [5.41, 5.74) is 1.25. The number of carbonyl (C=O) groups is 2. The Kier molecular flexibility index (Phi) is 6.37. The predicted octanol–water partition coefficient (Wildman–Crippen LogP) is 1.84. The van der Waals surface area contributed by atoms with Crippen LogP contribution >= 0.6 is 0 Å². The molecule has 2 fully saturated rings. The zero-order valence-corrected chi connectivity index (χ0v) is 16.7. The van der Waals surface area contributed by atoms with Crippen LogP contribution in [-0.2, 0) is 16.1 Å². The number of nitrogens with zero attached hydrogens (tertiary/aromatic N) is 3. The van der Waals surface area contributed by atoms with Gasteiger partial charge in [0.1, 0.15) is 5.75 Å². The summed E-state index contributed by atoms with van der Waals surface area (Å²) in [6.07, 6.45) is 0.373. The van der Waals surface area contributed by atoms with Gasteiger partial charge in [-0.15, -0.1) is 0 Å². The van der Waals surface area contributed by atoms with Crippen LogP contribution in [0.5, 0.6) is 5.75 Å². The highest BCUT2D eigenvalue weighted by molar-refractivity contribution is 5.89. The number of hydrogen-bond donors (Lipinski definition) is 0. The molecule has 0 bridgehead atoms. The van der Waals surface area contributed by atoms with E-state index in [1.54, 1.807) is 7.11 Å². The lowest BCUT2D eigenvalue weighted by Gasteiger charge is -2.36. The van der Waals surface area contributed by atoms with Gasteiger partial charge in [-0.1, -0.05) is 26.0 Å². The van der Waals surface area contributed by atoms with Gasteiger partial charge >= 0.3 is 0 Å². The highest BCUT2D eigenvalue weighted by Crippen LogP contribution is 2.22. The van der Waals surface area contributed by atoms with Crippen molar-refractivity contribution in [1.82, 2.24) is 14.7 Å². The smallest absolute Gasteiger partial charge is 0.228 e. The summed E-state index contributed by atoms with van der Waals surface area (Å²) in [4.78, 5) is 31.1. The van der Waals surface area contributed by atoms with Crippen molar-refractivity contribution in [1.29, 1.82) is 0 Å². The molecule has 6 nitrogen and oxygen atoms in total. The Bertz CT molecular complexity index is 651. The van der Waals surface area contributed by atoms with Crippen LogP contribution in [0.1, 0.15) is 25.8 Å². The molecule has 0 spiro atoms. The van der Waals surface area contributed by atoms with Crippen LogP contribution in [0.15, 0.2) is 24.3 Å². The average Bonchev–Trinajstić information content (AvgIpc) is 3.02. The molecule has 0 N–H and O–H groups in total. The van der Waals surface area contributed by atoms with Crippen molar-refractivity contribution in [2.24, 2.45) is 11.8 Å². The van der Waals surface area contributed by atoms with Gasteiger partial charge in [0.15, 0.2) is 0 Å². The number of piperazine rings is 1. The molecule has 1 atom stereocenters. The van der Waals surface area contributed by atoms with Gasteiger partial charge in [0.2, 0.25) is 11.8 Å². The van der Waals surface area contributed by atoms with Crippen LogP contribution in [0.4, 0.5) is 0 Å². The van der Waals surface area contributed by atoms with Crippen molar-refractivity contribution >= 4 is 11.8 Å². The summed E-state index contributed by atoms with van der Waals surface area (Å²) < 4.78 is 5.20. The summed E-state index contributed by atoms with van der Waals surface area (Å²) >= 11 is 0. The molecule has 2 saturated heterocycles. The topological polar surface area (TPSA) is 53.1 Å². The molecule has 1 aromatic carbocycles. The van der Waals surface area contributed by atoms with Crippen molar-refractivity contribution < 1.29 is 14.3 Å². The summed E-state index contributed by atoms with van der Waals surface area (Å²) in [6.45, 7) is 9.64. The average molecular weight is 373 g/mol. The van der Waals surface area contributed by atoms with E-state index in [-0.39, 0.29) is 17.7 Å². The highest BCUT2D eigenvalue weighted by Gasteiger charge is 2.37. The number of benzene rings is 1. The van der Waals surface area contributed by atoms with Gasteiger partial charge in [-0.25, -0.2) is 0 Å². The largest absolute Gasteiger partial charge is 0.497 e. The van der Waals surface area contributed by atoms with Gasteiger partial charge < -0.3 is 14.5 Å². The lowest BCUT2D eigenvalue weighted by Crippen LogP contribution is -2.50. The van der Waals surface area contributed by atoms with E-state index < -0.39 is 0 Å². The van der Waals surface area contributed by atoms with Crippen LogP contribution in [-0.4, -0.2) is 72.9 Å². The Morgan fingerprint density at radius 1 is 1.15 bits per heavy atom. The number of amides is 2. The van der Waals surface area contributed by atoms with E-state index in [1.165, 1.54) is 5.56 Å². The minimum atomic E-state index is -0.163. The van der Waals surface area contributed by atoms with Crippen LogP contribution in [0, 0.1) is 11.8 Å². The first kappa shape index (κ1) is 19.7. The van der Waals surface area contributed by atoms with E-state index in [9.17, 15) is 9.59 Å². The van der Waals surface area contributed by atoms with E-state index in [0.29, 0.717) is 18.9 Å². The third kappa shape index (κ3) is 5.01. The second-order valence-electron chi connectivity index (χ2n) is 8.04. The quantitative estimate of drug-likeness (QED) is 0.764. The molecular formula is C21H31N3O3. The first-order valence-electron chi connectivity index (χ1n) is 9.88. The number of methoxy groups -OCH3 is 1. The van der Waals surface area contributed by atoms with Crippen molar-refractivity contribution in [2.75, 3.05) is 46.4 Å². The maximum atomic E-state index is 12.8. The molecule has 0 aliphatic carbocycles. The van der Waals surface area contributed by atoms with Crippen molar-refractivity contribution in [3.8, 4) is 5.75 Å². The van der Waals surface area contributed by atoms with E-state index in [1.807, 2.05) is 21.9 Å². The molecule has 6 heteroatoms. The Hall–Kier alpha value is -2.08. The van der Waals surface area contributed by atoms with E-state index in [4.69, 9.17) is 4.74 Å². The Morgan fingerprint density at radius 2 is 1.81 bits per heavy atom. The molecule has 2 heterocycles. The lowest BCUT2D eigenvalue weighted by molar-refractivity contribution is -0.137. The SMILES string of the molecule is COc1ccc(CN2CCN(C(=O)[C@@H]3CC(=O)N(CC(C)C)C3)CC2)cc1. The maximum Gasteiger partial charge on any atom is 0.228 e. The predicted molar refractivity (Wildman–Crippen MR) is 104 cm³/mol. The fraction of sp³-hybridized carbons (Fsp3) is 0.619. The van der Waals surface area contributed by atoms with Crippen molar-refractivity contribution in [3.05, 3.63) is 29.8 Å². The summed E-state index contributed by atoms with van der Waals surface area (Å²) in [5, 5.41) is 0. The summed E-state index contributed by atoms with van der Waals surface area (Å²) in [5.74, 6) is 1.42. The minimum Gasteiger partial charge on any atom is -0.497 e. The summed E-state index contributed by atoms with van der Waals surface area (Å²) in [6, 6.07) is 8.14. The molecule has 0 unspecified atom stereocenters. The molecular weight excluding hydrogens is 342 g/mol. The molecule has 3 rings (SSSR count). The molecule has 148 valence electrons. The molecule has 0 saturated carbocycles. The number of ether oxygens (including phenoxy) is 1. The zero-order valence-electron chi connectivity index (χ0n) is 16.7. The van der Waals surface area contributed by atoms with Crippen LogP contribution in [0.25, 0.3) is 0 Å². The van der Waals surface area contributed by atoms with Gasteiger partial charge in [-0.3, -0.25) is 14.5 Å². The van der Waals surface area contributed by atoms with Gasteiger partial charge in [0.05, 0.1) is 13.0 Å². The normalized spacial score (nSPS) is 21.2. The third-order valence-electron chi connectivity index (χ3n) is 5.40. The third-order valence-corrected chi connectivity index (χ3v) is 5.40. The first-order chi connectivity index (χ1) is 13.0. The van der Waals surface area contributed by atoms with E-state index in [0.717, 1.165) is 45.0 Å². The fourth-order valence-corrected chi connectivity index (χ4v) is 3.93. The van der Waals surface area contributed by atoms with Gasteiger partial charge in [-0.05, 0) is 23.6 Å². The Balaban J connectivity index is 1.47. The summed E-state index contributed by atoms with van der Waals surface area (Å²) in [7, 11) is 1.67. The number of hydrogen-bond acceptors (Lipinski definition) is 4. The van der Waals surface area contributed by atoms with Gasteiger partial charge in [0.25, 0.3) is 0 Å². The Morgan fingerprint density at radius 3 is 2.41 bits per heavy atom. The van der Waals surface area contributed by atoms with E-state index >= 15 is 0 Å². The van der Waals surface area contributed by atoms with Crippen LogP contribution in [0.3, 0.4) is 0 Å². The van der Waals surface area contributed by atoms with Crippen LogP contribution in [0.2, 0.25) is 0 Å². The Labute approximate surface area is 162 Å². The van der Waals surface area contributed by atoms with Crippen molar-refractivity contribution in [3.63, 3.8) is 0 Å². The van der Waals surface area contributed by atoms with Gasteiger partial charge in [0, 0.05) is 52.2 Å². The number of likely N-dealkylation sites (tertiary alicyclic amines) is 1. The van der Waals surface area contributed by atoms with Crippen molar-refractivity contribution in [2.45, 2.75) is 26.8 Å². The monoisotopic (exact) mass is 373 g/mol. The minimum absolute atomic E-state index is 0.125. The second-order valence-corrected chi connectivity index (χ2v) is 8.04. The maximum absolute atomic E-state index is 12.8. The highest BCUT2D eigenvalue weighted by atomic mass is 16.5. The lowest BCUT2D eigenvalue weighted by atomic mass is 10.1. The molecule has 2 amide bonds. The second kappa shape index (κ2) is 8.74. The van der Waals surface area contributed by atoms with E-state index in [2.05, 4.69) is 30.9 Å². The van der Waals surface area contributed by atoms with Crippen LogP contribution < -0.4 is 4.74 Å². The zero-order chi connectivity index (χ0) is 19.4. The molecule has 27 heavy (non-hydrogen) atoms. The number of rotatable bonds is 6. The fourth-order valence-electron chi connectivity index (χ4n) is 3.93. The molecule has 1 aromatic rings. The number of carbonyl (C=O) groups excluding carboxylic acids is 2. The molecule has 2 aliphatic rings. The molecule has 0 aromatic heterocycles. The standard InChI is InChI=1S/C21H31N3O3/c1-16(2)13-24-15-18(12-20(24)25)21(26)23-10-8-22(9-11-23)14-17-4-6-19(27-3)7-5-17/h4-7,16,18H,8-15H2,1-3H3/t18-/m1/s1. The molecule has 0 radical (unpaired) electrons. The molecule has 2 aliphatic heterocycles. The first-order valence-corrected chi connectivity index (χ1v) is 9.88. The van der Waals surface area contributed by atoms with Gasteiger partial charge in [-0.2, -0.15) is 0 Å².